The van der Waals surface area contributed by atoms with Crippen molar-refractivity contribution in [2.24, 2.45) is 5.92 Å². The standard InChI is InChI=1S/C13H20BrNS/c1-10(2)13-12(5-8-16-13)15-6-3-11(9-14)4-7-15/h5,8,10-11H,3-4,6-7,9H2,1-2H3. The van der Waals surface area contributed by atoms with Crippen molar-refractivity contribution in [3.05, 3.63) is 16.3 Å². The topological polar surface area (TPSA) is 3.24 Å². The number of thiophene rings is 1. The van der Waals surface area contributed by atoms with Crippen LogP contribution in [-0.2, 0) is 0 Å². The fourth-order valence-electron chi connectivity index (χ4n) is 2.34. The van der Waals surface area contributed by atoms with Crippen LogP contribution in [0.4, 0.5) is 5.69 Å². The molecule has 90 valence electrons. The molecule has 0 radical (unpaired) electrons. The minimum Gasteiger partial charge on any atom is -0.371 e. The maximum absolute atomic E-state index is 3.60. The Morgan fingerprint density at radius 1 is 1.44 bits per heavy atom. The molecule has 0 spiro atoms. The van der Waals surface area contributed by atoms with Crippen molar-refractivity contribution >= 4 is 33.0 Å². The van der Waals surface area contributed by atoms with Crippen molar-refractivity contribution in [2.45, 2.75) is 32.6 Å². The van der Waals surface area contributed by atoms with E-state index in [0.717, 1.165) is 5.92 Å². The molecule has 1 aromatic heterocycles. The first-order chi connectivity index (χ1) is 7.72. The van der Waals surface area contributed by atoms with Crippen LogP contribution in [0.15, 0.2) is 11.4 Å². The summed E-state index contributed by atoms with van der Waals surface area (Å²) in [6.45, 7) is 7.04. The summed E-state index contributed by atoms with van der Waals surface area (Å²) in [6, 6.07) is 2.30. The van der Waals surface area contributed by atoms with Crippen LogP contribution in [0.5, 0.6) is 0 Å². The zero-order valence-electron chi connectivity index (χ0n) is 10.1. The van der Waals surface area contributed by atoms with Gasteiger partial charge in [-0.05, 0) is 36.1 Å². The van der Waals surface area contributed by atoms with Crippen LogP contribution in [0.25, 0.3) is 0 Å². The first-order valence-electron chi connectivity index (χ1n) is 6.10. The molecule has 2 heterocycles. The summed E-state index contributed by atoms with van der Waals surface area (Å²) >= 11 is 5.51. The molecule has 1 fully saturated rings. The Bertz CT molecular complexity index is 326. The van der Waals surface area contributed by atoms with Crippen molar-refractivity contribution < 1.29 is 0 Å². The fourth-order valence-corrected chi connectivity index (χ4v) is 3.92. The van der Waals surface area contributed by atoms with Gasteiger partial charge in [0, 0.05) is 23.3 Å². The third kappa shape index (κ3) is 2.62. The maximum atomic E-state index is 3.60. The van der Waals surface area contributed by atoms with Gasteiger partial charge in [-0.15, -0.1) is 11.3 Å². The van der Waals surface area contributed by atoms with Gasteiger partial charge in [0.2, 0.25) is 0 Å². The zero-order valence-corrected chi connectivity index (χ0v) is 12.5. The third-order valence-corrected chi connectivity index (χ3v) is 5.49. The number of anilines is 1. The van der Waals surface area contributed by atoms with Crippen LogP contribution < -0.4 is 4.90 Å². The molecule has 1 aliphatic rings. The fraction of sp³-hybridized carbons (Fsp3) is 0.692. The Kier molecular flexibility index (Phi) is 4.31. The van der Waals surface area contributed by atoms with Crippen LogP contribution in [0.1, 0.15) is 37.5 Å². The van der Waals surface area contributed by atoms with Gasteiger partial charge < -0.3 is 4.90 Å². The SMILES string of the molecule is CC(C)c1sccc1N1CCC(CBr)CC1. The highest BCUT2D eigenvalue weighted by Crippen LogP contribution is 2.35. The maximum Gasteiger partial charge on any atom is 0.0510 e. The highest BCUT2D eigenvalue weighted by Gasteiger charge is 2.21. The molecule has 0 aliphatic carbocycles. The van der Waals surface area contributed by atoms with E-state index < -0.39 is 0 Å². The summed E-state index contributed by atoms with van der Waals surface area (Å²) < 4.78 is 0. The van der Waals surface area contributed by atoms with Gasteiger partial charge in [-0.2, -0.15) is 0 Å². The third-order valence-electron chi connectivity index (χ3n) is 3.37. The molecule has 0 unspecified atom stereocenters. The van der Waals surface area contributed by atoms with Crippen molar-refractivity contribution in [1.29, 1.82) is 0 Å². The van der Waals surface area contributed by atoms with Crippen LogP contribution >= 0.6 is 27.3 Å². The number of halogens is 1. The average molecular weight is 302 g/mol. The minimum absolute atomic E-state index is 0.656. The largest absolute Gasteiger partial charge is 0.371 e. The molecule has 2 rings (SSSR count). The monoisotopic (exact) mass is 301 g/mol. The molecule has 0 bridgehead atoms. The Morgan fingerprint density at radius 2 is 2.12 bits per heavy atom. The highest BCUT2D eigenvalue weighted by molar-refractivity contribution is 9.09. The molecule has 1 saturated heterocycles. The lowest BCUT2D eigenvalue weighted by atomic mass is 9.98. The van der Waals surface area contributed by atoms with E-state index in [-0.39, 0.29) is 0 Å². The Labute approximate surface area is 111 Å². The van der Waals surface area contributed by atoms with Gasteiger partial charge in [-0.3, -0.25) is 0 Å². The van der Waals surface area contributed by atoms with Gasteiger partial charge in [0.05, 0.1) is 5.69 Å². The Balaban J connectivity index is 2.05. The van der Waals surface area contributed by atoms with E-state index in [1.165, 1.54) is 36.9 Å². The van der Waals surface area contributed by atoms with Crippen molar-refractivity contribution in [1.82, 2.24) is 0 Å². The summed E-state index contributed by atoms with van der Waals surface area (Å²) in [6.07, 6.45) is 2.66. The summed E-state index contributed by atoms with van der Waals surface area (Å²) in [7, 11) is 0. The van der Waals surface area contributed by atoms with E-state index in [1.54, 1.807) is 4.88 Å². The Hall–Kier alpha value is -0.0200. The average Bonchev–Trinajstić information content (AvgIpc) is 2.78. The van der Waals surface area contributed by atoms with E-state index in [1.807, 2.05) is 11.3 Å². The number of alkyl halides is 1. The van der Waals surface area contributed by atoms with Crippen molar-refractivity contribution in [3.8, 4) is 0 Å². The number of piperidine rings is 1. The van der Waals surface area contributed by atoms with Gasteiger partial charge in [-0.1, -0.05) is 29.8 Å². The van der Waals surface area contributed by atoms with Gasteiger partial charge in [0.1, 0.15) is 0 Å². The van der Waals surface area contributed by atoms with Crippen LogP contribution in [0.3, 0.4) is 0 Å². The number of hydrogen-bond acceptors (Lipinski definition) is 2. The molecule has 16 heavy (non-hydrogen) atoms. The van der Waals surface area contributed by atoms with E-state index >= 15 is 0 Å². The molecule has 0 amide bonds. The lowest BCUT2D eigenvalue weighted by Gasteiger charge is -2.33. The smallest absolute Gasteiger partial charge is 0.0510 e. The van der Waals surface area contributed by atoms with E-state index in [2.05, 4.69) is 46.1 Å². The predicted molar refractivity (Wildman–Crippen MR) is 77.1 cm³/mol. The van der Waals surface area contributed by atoms with Gasteiger partial charge in [-0.25, -0.2) is 0 Å². The molecular formula is C13H20BrNS. The molecule has 1 nitrogen and oxygen atoms in total. The highest BCUT2D eigenvalue weighted by atomic mass is 79.9. The molecular weight excluding hydrogens is 282 g/mol. The lowest BCUT2D eigenvalue weighted by Crippen LogP contribution is -2.34. The number of hydrogen-bond donors (Lipinski definition) is 0. The summed E-state index contributed by atoms with van der Waals surface area (Å²) in [4.78, 5) is 4.13. The summed E-state index contributed by atoms with van der Waals surface area (Å²) in [5.41, 5.74) is 1.49. The van der Waals surface area contributed by atoms with Crippen molar-refractivity contribution in [3.63, 3.8) is 0 Å². The molecule has 0 saturated carbocycles. The van der Waals surface area contributed by atoms with E-state index in [9.17, 15) is 0 Å². The molecule has 3 heteroatoms. The quantitative estimate of drug-likeness (QED) is 0.744. The molecule has 1 aromatic rings. The second-order valence-corrected chi connectivity index (χ2v) is 6.50. The molecule has 1 aliphatic heterocycles. The summed E-state index contributed by atoms with van der Waals surface area (Å²) in [5, 5.41) is 3.41. The molecule has 0 N–H and O–H groups in total. The number of nitrogens with zero attached hydrogens (tertiary/aromatic N) is 1. The number of rotatable bonds is 3. The first-order valence-corrected chi connectivity index (χ1v) is 8.10. The van der Waals surface area contributed by atoms with E-state index in [4.69, 9.17) is 0 Å². The van der Waals surface area contributed by atoms with E-state index in [0.29, 0.717) is 5.92 Å². The Morgan fingerprint density at radius 3 is 2.69 bits per heavy atom. The first kappa shape index (κ1) is 12.4. The van der Waals surface area contributed by atoms with Crippen molar-refractivity contribution in [2.75, 3.05) is 23.3 Å². The van der Waals surface area contributed by atoms with Crippen LogP contribution in [0, 0.1) is 5.92 Å². The van der Waals surface area contributed by atoms with Crippen LogP contribution in [-0.4, -0.2) is 18.4 Å². The zero-order chi connectivity index (χ0) is 11.5. The summed E-state index contributed by atoms with van der Waals surface area (Å²) in [5.74, 6) is 1.54. The van der Waals surface area contributed by atoms with Gasteiger partial charge >= 0.3 is 0 Å². The van der Waals surface area contributed by atoms with Crippen LogP contribution in [0.2, 0.25) is 0 Å². The second kappa shape index (κ2) is 5.54. The second-order valence-electron chi connectivity index (χ2n) is 4.91. The lowest BCUT2D eigenvalue weighted by molar-refractivity contribution is 0.446. The molecule has 0 aromatic carbocycles. The van der Waals surface area contributed by atoms with Gasteiger partial charge in [0.25, 0.3) is 0 Å². The predicted octanol–water partition coefficient (Wildman–Crippen LogP) is 4.48. The minimum atomic E-state index is 0.656. The van der Waals surface area contributed by atoms with Gasteiger partial charge in [0.15, 0.2) is 0 Å². The normalized spacial score (nSPS) is 18.4. The molecule has 0 atom stereocenters.